The number of benzene rings is 1. The number of rotatable bonds is 5. The minimum atomic E-state index is 0.822. The summed E-state index contributed by atoms with van der Waals surface area (Å²) >= 11 is 4.27. The number of nitrogens with zero attached hydrogens (tertiary/aromatic N) is 1. The maximum atomic E-state index is 4.27. The Bertz CT molecular complexity index is 341. The number of hydrogen-bond acceptors (Lipinski definition) is 2. The van der Waals surface area contributed by atoms with E-state index in [-0.39, 0.29) is 0 Å². The molecule has 0 N–H and O–H groups in total. The van der Waals surface area contributed by atoms with E-state index in [1.165, 1.54) is 37.7 Å². The summed E-state index contributed by atoms with van der Waals surface area (Å²) in [6, 6.07) is 9.30. The lowest BCUT2D eigenvalue weighted by Gasteiger charge is -2.22. The lowest BCUT2D eigenvalue weighted by atomic mass is 9.84. The maximum Gasteiger partial charge on any atom is 0.0231 e. The van der Waals surface area contributed by atoms with Gasteiger partial charge in [0.05, 0.1) is 0 Å². The van der Waals surface area contributed by atoms with Gasteiger partial charge in [0, 0.05) is 18.8 Å². The van der Waals surface area contributed by atoms with E-state index in [1.54, 1.807) is 5.56 Å². The molecule has 0 atom stereocenters. The predicted octanol–water partition coefficient (Wildman–Crippen LogP) is 4.10. The van der Waals surface area contributed by atoms with E-state index in [2.05, 4.69) is 48.8 Å². The van der Waals surface area contributed by atoms with Crippen molar-refractivity contribution in [2.45, 2.75) is 44.6 Å². The Morgan fingerprint density at radius 3 is 2.39 bits per heavy atom. The first-order valence-corrected chi connectivity index (χ1v) is 7.81. The molecular formula is C16H25NS. The molecule has 1 nitrogen and oxygen atoms in total. The minimum Gasteiger partial charge on any atom is -0.301 e. The van der Waals surface area contributed by atoms with E-state index >= 15 is 0 Å². The fourth-order valence-corrected chi connectivity index (χ4v) is 3.23. The van der Waals surface area contributed by atoms with E-state index in [9.17, 15) is 0 Å². The Kier molecular flexibility index (Phi) is 5.58. The van der Waals surface area contributed by atoms with Gasteiger partial charge < -0.3 is 4.90 Å². The smallest absolute Gasteiger partial charge is 0.0231 e. The molecule has 1 aromatic rings. The second-order valence-electron chi connectivity index (χ2n) is 5.54. The van der Waals surface area contributed by atoms with Gasteiger partial charge in [-0.25, -0.2) is 0 Å². The standard InChI is InChI=1S/C16H25NS/c1-17(11-12-18)13-14-7-9-16(10-8-14)15-5-3-2-4-6-15/h7-10,15,18H,2-6,11-13H2,1H3. The molecule has 0 aliphatic heterocycles. The van der Waals surface area contributed by atoms with Crippen molar-refractivity contribution >= 4 is 12.6 Å². The first-order chi connectivity index (χ1) is 8.79. The fourth-order valence-electron chi connectivity index (χ4n) is 2.89. The van der Waals surface area contributed by atoms with Crippen LogP contribution >= 0.6 is 12.6 Å². The van der Waals surface area contributed by atoms with Gasteiger partial charge in [-0.05, 0) is 36.9 Å². The predicted molar refractivity (Wildman–Crippen MR) is 82.5 cm³/mol. The van der Waals surface area contributed by atoms with Crippen LogP contribution in [0.3, 0.4) is 0 Å². The van der Waals surface area contributed by atoms with Crippen molar-refractivity contribution in [1.29, 1.82) is 0 Å². The molecule has 0 bridgehead atoms. The van der Waals surface area contributed by atoms with Gasteiger partial charge in [-0.3, -0.25) is 0 Å². The van der Waals surface area contributed by atoms with Crippen LogP contribution in [0.4, 0.5) is 0 Å². The Balaban J connectivity index is 1.92. The Morgan fingerprint density at radius 1 is 1.11 bits per heavy atom. The van der Waals surface area contributed by atoms with Crippen molar-refractivity contribution in [3.63, 3.8) is 0 Å². The fraction of sp³-hybridized carbons (Fsp3) is 0.625. The lowest BCUT2D eigenvalue weighted by Crippen LogP contribution is -2.20. The highest BCUT2D eigenvalue weighted by Gasteiger charge is 2.15. The highest BCUT2D eigenvalue weighted by Crippen LogP contribution is 2.32. The molecule has 2 heteroatoms. The van der Waals surface area contributed by atoms with Crippen molar-refractivity contribution < 1.29 is 0 Å². The third kappa shape index (κ3) is 4.03. The quantitative estimate of drug-likeness (QED) is 0.783. The minimum absolute atomic E-state index is 0.822. The van der Waals surface area contributed by atoms with Crippen molar-refractivity contribution in [1.82, 2.24) is 4.90 Å². The van der Waals surface area contributed by atoms with E-state index in [0.29, 0.717) is 0 Å². The summed E-state index contributed by atoms with van der Waals surface area (Å²) in [7, 11) is 2.16. The van der Waals surface area contributed by atoms with Gasteiger partial charge in [-0.15, -0.1) is 0 Å². The molecule has 1 saturated carbocycles. The van der Waals surface area contributed by atoms with Crippen molar-refractivity contribution in [2.24, 2.45) is 0 Å². The molecule has 1 aliphatic carbocycles. The molecule has 0 aromatic heterocycles. The Labute approximate surface area is 117 Å². The number of thiol groups is 1. The van der Waals surface area contributed by atoms with Crippen LogP contribution in [0.5, 0.6) is 0 Å². The number of hydrogen-bond donors (Lipinski definition) is 1. The van der Waals surface area contributed by atoms with Gasteiger partial charge in [0.1, 0.15) is 0 Å². The Morgan fingerprint density at radius 2 is 1.78 bits per heavy atom. The maximum absolute atomic E-state index is 4.27. The lowest BCUT2D eigenvalue weighted by molar-refractivity contribution is 0.349. The van der Waals surface area contributed by atoms with Gasteiger partial charge >= 0.3 is 0 Å². The molecule has 100 valence electrons. The largest absolute Gasteiger partial charge is 0.301 e. The second-order valence-corrected chi connectivity index (χ2v) is 5.99. The zero-order valence-corrected chi connectivity index (χ0v) is 12.3. The molecule has 0 unspecified atom stereocenters. The van der Waals surface area contributed by atoms with Gasteiger partial charge in [-0.2, -0.15) is 12.6 Å². The van der Waals surface area contributed by atoms with Crippen molar-refractivity contribution in [3.05, 3.63) is 35.4 Å². The molecule has 0 saturated heterocycles. The first kappa shape index (κ1) is 14.0. The van der Waals surface area contributed by atoms with Crippen LogP contribution in [-0.4, -0.2) is 24.2 Å². The van der Waals surface area contributed by atoms with Crippen LogP contribution in [0.1, 0.15) is 49.1 Å². The third-order valence-corrected chi connectivity index (χ3v) is 4.19. The summed E-state index contributed by atoms with van der Waals surface area (Å²) in [6.45, 7) is 2.08. The summed E-state index contributed by atoms with van der Waals surface area (Å²) in [6.07, 6.45) is 7.04. The van der Waals surface area contributed by atoms with Crippen LogP contribution in [0.15, 0.2) is 24.3 Å². The molecule has 1 aromatic carbocycles. The van der Waals surface area contributed by atoms with Crippen molar-refractivity contribution in [3.8, 4) is 0 Å². The normalized spacial score (nSPS) is 17.3. The summed E-state index contributed by atoms with van der Waals surface area (Å²) < 4.78 is 0. The summed E-state index contributed by atoms with van der Waals surface area (Å²) in [5.74, 6) is 1.75. The monoisotopic (exact) mass is 263 g/mol. The van der Waals surface area contributed by atoms with E-state index < -0.39 is 0 Å². The summed E-state index contributed by atoms with van der Waals surface area (Å²) in [4.78, 5) is 2.32. The van der Waals surface area contributed by atoms with E-state index in [1.807, 2.05) is 0 Å². The zero-order chi connectivity index (χ0) is 12.8. The Hall–Kier alpha value is -0.470. The third-order valence-electron chi connectivity index (χ3n) is 3.99. The molecule has 1 fully saturated rings. The molecular weight excluding hydrogens is 238 g/mol. The van der Waals surface area contributed by atoms with Gasteiger partial charge in [0.15, 0.2) is 0 Å². The molecule has 0 heterocycles. The van der Waals surface area contributed by atoms with Crippen LogP contribution in [-0.2, 0) is 6.54 Å². The average molecular weight is 263 g/mol. The topological polar surface area (TPSA) is 3.24 Å². The van der Waals surface area contributed by atoms with Gasteiger partial charge in [0.25, 0.3) is 0 Å². The van der Waals surface area contributed by atoms with E-state index in [4.69, 9.17) is 0 Å². The summed E-state index contributed by atoms with van der Waals surface area (Å²) in [5, 5.41) is 0. The first-order valence-electron chi connectivity index (χ1n) is 7.18. The molecule has 0 amide bonds. The van der Waals surface area contributed by atoms with Gasteiger partial charge in [-0.1, -0.05) is 43.5 Å². The molecule has 0 radical (unpaired) electrons. The molecule has 1 aliphatic rings. The van der Waals surface area contributed by atoms with Crippen LogP contribution in [0.2, 0.25) is 0 Å². The second kappa shape index (κ2) is 7.20. The van der Waals surface area contributed by atoms with Crippen molar-refractivity contribution in [2.75, 3.05) is 19.3 Å². The molecule has 2 rings (SSSR count). The van der Waals surface area contributed by atoms with Crippen LogP contribution in [0, 0.1) is 0 Å². The van der Waals surface area contributed by atoms with Crippen LogP contribution < -0.4 is 0 Å². The van der Waals surface area contributed by atoms with Crippen LogP contribution in [0.25, 0.3) is 0 Å². The molecule has 0 spiro atoms. The SMILES string of the molecule is CN(CCS)Cc1ccc(C2CCCCC2)cc1. The average Bonchev–Trinajstić information content (AvgIpc) is 2.41. The van der Waals surface area contributed by atoms with Gasteiger partial charge in [0.2, 0.25) is 0 Å². The summed E-state index contributed by atoms with van der Waals surface area (Å²) in [5.41, 5.74) is 2.97. The highest BCUT2D eigenvalue weighted by molar-refractivity contribution is 7.80. The highest BCUT2D eigenvalue weighted by atomic mass is 32.1. The zero-order valence-electron chi connectivity index (χ0n) is 11.4. The molecule has 18 heavy (non-hydrogen) atoms. The van der Waals surface area contributed by atoms with E-state index in [0.717, 1.165) is 24.8 Å².